The average molecular weight is 725 g/mol. The van der Waals surface area contributed by atoms with Gasteiger partial charge in [0.05, 0.1) is 16.9 Å². The number of likely N-dealkylation sites (tertiary alicyclic amines) is 1. The van der Waals surface area contributed by atoms with Gasteiger partial charge in [-0.25, -0.2) is 4.79 Å². The Morgan fingerprint density at radius 1 is 0.868 bits per heavy atom. The van der Waals surface area contributed by atoms with Gasteiger partial charge in [-0.05, 0) is 166 Å². The summed E-state index contributed by atoms with van der Waals surface area (Å²) in [5.74, 6) is 1.94. The number of nitrogens with zero attached hydrogens (tertiary/aromatic N) is 2. The van der Waals surface area contributed by atoms with Gasteiger partial charge >= 0.3 is 5.97 Å². The third kappa shape index (κ3) is 5.55. The van der Waals surface area contributed by atoms with Gasteiger partial charge in [0.2, 0.25) is 11.8 Å². The summed E-state index contributed by atoms with van der Waals surface area (Å²) >= 11 is 0. The molecule has 10 atom stereocenters. The minimum absolute atomic E-state index is 0.0273. The van der Waals surface area contributed by atoms with E-state index in [0.29, 0.717) is 47.6 Å². The number of piperidine rings is 1. The Hall–Kier alpha value is -2.89. The number of fused-ring (bicyclic) bond motifs is 7. The van der Waals surface area contributed by atoms with Crippen LogP contribution in [0.15, 0.2) is 42.5 Å². The highest BCUT2D eigenvalue weighted by molar-refractivity contribution is 5.88. The highest BCUT2D eigenvalue weighted by Gasteiger charge is 2.71. The Bertz CT molecular complexity index is 1670. The van der Waals surface area contributed by atoms with E-state index in [1.54, 1.807) is 12.1 Å². The van der Waals surface area contributed by atoms with Crippen LogP contribution in [0.5, 0.6) is 0 Å². The van der Waals surface area contributed by atoms with Gasteiger partial charge < -0.3 is 14.9 Å². The molecule has 1 saturated heterocycles. The minimum atomic E-state index is -0.879. The molecule has 4 saturated carbocycles. The zero-order valence-corrected chi connectivity index (χ0v) is 34.2. The van der Waals surface area contributed by atoms with Gasteiger partial charge in [0, 0.05) is 26.2 Å². The molecule has 1 unspecified atom stereocenters. The van der Waals surface area contributed by atoms with Crippen molar-refractivity contribution in [1.82, 2.24) is 9.80 Å². The summed E-state index contributed by atoms with van der Waals surface area (Å²) in [4.78, 5) is 44.4. The lowest BCUT2D eigenvalue weighted by Crippen LogP contribution is -2.66. The molecular formula is C47H68N2O4. The fourth-order valence-corrected chi connectivity index (χ4v) is 14.9. The molecule has 2 amide bonds. The van der Waals surface area contributed by atoms with Crippen molar-refractivity contribution in [2.75, 3.05) is 26.2 Å². The van der Waals surface area contributed by atoms with Crippen molar-refractivity contribution in [3.05, 3.63) is 53.6 Å². The number of hydrogen-bond donors (Lipinski definition) is 1. The van der Waals surface area contributed by atoms with E-state index in [0.717, 1.165) is 70.1 Å². The number of rotatable bonds is 7. The second kappa shape index (κ2) is 13.4. The van der Waals surface area contributed by atoms with Gasteiger partial charge in [0.25, 0.3) is 0 Å². The van der Waals surface area contributed by atoms with E-state index < -0.39 is 5.97 Å². The maximum atomic E-state index is 15.2. The van der Waals surface area contributed by atoms with Crippen molar-refractivity contribution in [2.24, 2.45) is 62.6 Å². The molecule has 6 aliphatic rings. The predicted molar refractivity (Wildman–Crippen MR) is 213 cm³/mol. The predicted octanol–water partition coefficient (Wildman–Crippen LogP) is 10.1. The summed E-state index contributed by atoms with van der Waals surface area (Å²) in [7, 11) is 0. The Morgan fingerprint density at radius 3 is 2.21 bits per heavy atom. The normalized spacial score (nSPS) is 40.2. The van der Waals surface area contributed by atoms with E-state index in [9.17, 15) is 14.7 Å². The zero-order chi connectivity index (χ0) is 38.3. The first-order chi connectivity index (χ1) is 25.0. The molecule has 7 rings (SSSR count). The third-order valence-electron chi connectivity index (χ3n) is 17.6. The third-order valence-corrected chi connectivity index (χ3v) is 17.6. The van der Waals surface area contributed by atoms with Gasteiger partial charge in [-0.15, -0.1) is 0 Å². The van der Waals surface area contributed by atoms with E-state index in [1.807, 2.05) is 17.0 Å². The SMILES string of the molecule is C=C(C)[C@@H]1CC[C@]2(C(=O)N3CCCC(C(=O)N(CC)CC)C3)CC[C@]3(C)[C@H](CC[C@@H]4[C@@]5(C)CC=C(c6ccc(C(=O)O)cc6)C(C)(C)[C@@H]5CC[C@]43C)[C@@H]12. The molecule has 0 radical (unpaired) electrons. The second-order valence-electron chi connectivity index (χ2n) is 19.9. The molecule has 1 aromatic rings. The van der Waals surface area contributed by atoms with Crippen LogP contribution in [0.4, 0.5) is 0 Å². The molecule has 0 bridgehead atoms. The minimum Gasteiger partial charge on any atom is -0.478 e. The highest BCUT2D eigenvalue weighted by Crippen LogP contribution is 2.78. The molecule has 5 fully saturated rings. The number of carbonyl (C=O) groups excluding carboxylic acids is 2. The Kier molecular flexibility index (Phi) is 9.70. The van der Waals surface area contributed by atoms with Crippen LogP contribution in [0.3, 0.4) is 0 Å². The Balaban J connectivity index is 1.19. The van der Waals surface area contributed by atoms with Gasteiger partial charge in [-0.3, -0.25) is 9.59 Å². The summed E-state index contributed by atoms with van der Waals surface area (Å²) in [5, 5.41) is 9.52. The summed E-state index contributed by atoms with van der Waals surface area (Å²) in [6.07, 6.45) is 14.2. The summed E-state index contributed by atoms with van der Waals surface area (Å²) < 4.78 is 0. The van der Waals surface area contributed by atoms with Crippen molar-refractivity contribution in [3.63, 3.8) is 0 Å². The molecule has 6 heteroatoms. The molecule has 5 aliphatic carbocycles. The van der Waals surface area contributed by atoms with E-state index >= 15 is 4.79 Å². The second-order valence-corrected chi connectivity index (χ2v) is 19.9. The first kappa shape index (κ1) is 38.4. The number of carbonyl (C=O) groups is 3. The molecule has 6 nitrogen and oxygen atoms in total. The van der Waals surface area contributed by atoms with Crippen molar-refractivity contribution in [1.29, 1.82) is 0 Å². The number of aromatic carboxylic acids is 1. The van der Waals surface area contributed by atoms with E-state index in [1.165, 1.54) is 36.8 Å². The van der Waals surface area contributed by atoms with Crippen LogP contribution in [0.2, 0.25) is 0 Å². The fraction of sp³-hybridized carbons (Fsp3) is 0.723. The number of benzene rings is 1. The molecular weight excluding hydrogens is 657 g/mol. The lowest BCUT2D eigenvalue weighted by molar-refractivity contribution is -0.226. The monoisotopic (exact) mass is 725 g/mol. The van der Waals surface area contributed by atoms with Crippen LogP contribution in [0.1, 0.15) is 142 Å². The van der Waals surface area contributed by atoms with Gasteiger partial charge in [-0.2, -0.15) is 0 Å². The van der Waals surface area contributed by atoms with Gasteiger partial charge in [0.1, 0.15) is 0 Å². The van der Waals surface area contributed by atoms with E-state index in [2.05, 4.69) is 72.9 Å². The molecule has 53 heavy (non-hydrogen) atoms. The van der Waals surface area contributed by atoms with Crippen molar-refractivity contribution in [2.45, 2.75) is 126 Å². The summed E-state index contributed by atoms with van der Waals surface area (Å²) in [5.41, 5.74) is 4.23. The van der Waals surface area contributed by atoms with Crippen LogP contribution >= 0.6 is 0 Å². The highest BCUT2D eigenvalue weighted by atomic mass is 16.4. The summed E-state index contributed by atoms with van der Waals surface area (Å²) in [6, 6.07) is 7.54. The zero-order valence-electron chi connectivity index (χ0n) is 34.2. The number of carboxylic acid groups (broad SMARTS) is 1. The summed E-state index contributed by atoms with van der Waals surface area (Å²) in [6.45, 7) is 26.5. The largest absolute Gasteiger partial charge is 0.478 e. The number of hydrogen-bond acceptors (Lipinski definition) is 3. The number of amides is 2. The quantitative estimate of drug-likeness (QED) is 0.284. The smallest absolute Gasteiger partial charge is 0.335 e. The van der Waals surface area contributed by atoms with Crippen molar-refractivity contribution < 1.29 is 19.5 Å². The topological polar surface area (TPSA) is 77.9 Å². The first-order valence-electron chi connectivity index (χ1n) is 21.3. The van der Waals surface area contributed by atoms with Crippen LogP contribution in [-0.4, -0.2) is 58.9 Å². The van der Waals surface area contributed by atoms with Crippen molar-refractivity contribution in [3.8, 4) is 0 Å². The number of carboxylic acids is 1. The van der Waals surface area contributed by atoms with Gasteiger partial charge in [-0.1, -0.05) is 65.0 Å². The van der Waals surface area contributed by atoms with E-state index in [-0.39, 0.29) is 38.9 Å². The average Bonchev–Trinajstić information content (AvgIpc) is 3.53. The molecule has 290 valence electrons. The van der Waals surface area contributed by atoms with Crippen LogP contribution in [0, 0.1) is 62.6 Å². The lowest BCUT2D eigenvalue weighted by atomic mass is 9.32. The molecule has 1 N–H and O–H groups in total. The Morgan fingerprint density at radius 2 is 1.57 bits per heavy atom. The molecule has 1 heterocycles. The molecule has 1 aromatic carbocycles. The fourth-order valence-electron chi connectivity index (χ4n) is 14.9. The maximum absolute atomic E-state index is 15.2. The molecule has 0 aromatic heterocycles. The molecule has 0 spiro atoms. The van der Waals surface area contributed by atoms with E-state index in [4.69, 9.17) is 0 Å². The Labute approximate surface area is 320 Å². The molecule has 1 aliphatic heterocycles. The van der Waals surface area contributed by atoms with Gasteiger partial charge in [0.15, 0.2) is 0 Å². The maximum Gasteiger partial charge on any atom is 0.335 e. The lowest BCUT2D eigenvalue weighted by Gasteiger charge is -2.72. The van der Waals surface area contributed by atoms with Crippen LogP contribution in [0.25, 0.3) is 5.57 Å². The first-order valence-corrected chi connectivity index (χ1v) is 21.3. The van der Waals surface area contributed by atoms with Crippen LogP contribution < -0.4 is 0 Å². The number of allylic oxidation sites excluding steroid dienone is 3. The van der Waals surface area contributed by atoms with Crippen LogP contribution in [-0.2, 0) is 9.59 Å². The van der Waals surface area contributed by atoms with Crippen molar-refractivity contribution >= 4 is 23.4 Å². The standard InChI is InChI=1S/C47H68N2O4/c1-10-48(11-2)40(50)33-13-12-28-49(29-33)42(53)47-25-20-34(30(3)4)39(47)36-18-19-38-44(7)23-21-35(31-14-16-32(17-15-31)41(51)52)43(5,6)37(44)22-24-46(38,9)45(36,8)26-27-47/h14-17,21,33-34,36-39H,3,10-13,18-20,22-29H2,1-2,4-9H3,(H,51,52)/t33?,34-,36+,37-,38+,39+,44-,45+,46+,47-/m0/s1.